The molecule has 0 atom stereocenters. The number of Topliss-reactive ketones (excluding diaryl/α,β-unsaturated/α-hetero) is 1. The van der Waals surface area contributed by atoms with E-state index in [1.54, 1.807) is 0 Å². The second-order valence-corrected chi connectivity index (χ2v) is 6.47. The molecule has 2 heterocycles. The Morgan fingerprint density at radius 1 is 1.21 bits per heavy atom. The molecule has 2 aromatic rings. The third-order valence-corrected chi connectivity index (χ3v) is 4.17. The average molecular weight is 369 g/mol. The molecule has 5 nitrogen and oxygen atoms in total. The van der Waals surface area contributed by atoms with E-state index in [-0.39, 0.29) is 34.3 Å². The Morgan fingerprint density at radius 3 is 2.42 bits per heavy atom. The molecule has 0 unspecified atom stereocenters. The molecule has 0 amide bonds. The maximum Gasteiger partial charge on any atom is 0.341 e. The predicted octanol–water partition coefficient (Wildman–Crippen LogP) is 4.43. The van der Waals surface area contributed by atoms with E-state index < -0.39 is 5.97 Å². The number of ketones is 1. The van der Waals surface area contributed by atoms with Crippen LogP contribution in [0.1, 0.15) is 52.0 Å². The van der Waals surface area contributed by atoms with Gasteiger partial charge < -0.3 is 9.30 Å². The van der Waals surface area contributed by atoms with Crippen LogP contribution in [0.2, 0.25) is 10.3 Å². The number of halogens is 2. The minimum absolute atomic E-state index is 0.0575. The Labute approximate surface area is 150 Å². The van der Waals surface area contributed by atoms with Gasteiger partial charge >= 0.3 is 5.97 Å². The van der Waals surface area contributed by atoms with Crippen LogP contribution in [0.4, 0.5) is 0 Å². The fourth-order valence-corrected chi connectivity index (χ4v) is 3.13. The third kappa shape index (κ3) is 3.79. The smallest absolute Gasteiger partial charge is 0.341 e. The summed E-state index contributed by atoms with van der Waals surface area (Å²) in [7, 11) is 0. The summed E-state index contributed by atoms with van der Waals surface area (Å²) in [5, 5.41) is 0.117. The number of nitrogens with zero attached hydrogens (tertiary/aromatic N) is 2. The Balaban J connectivity index is 2.11. The first-order chi connectivity index (χ1) is 11.2. The van der Waals surface area contributed by atoms with E-state index in [4.69, 9.17) is 27.9 Å². The van der Waals surface area contributed by atoms with Crippen molar-refractivity contribution in [2.24, 2.45) is 0 Å². The number of pyridine rings is 1. The number of carbonyl (C=O) groups excluding carboxylic acids is 2. The zero-order valence-electron chi connectivity index (χ0n) is 13.9. The van der Waals surface area contributed by atoms with Gasteiger partial charge in [0, 0.05) is 23.0 Å². The topological polar surface area (TPSA) is 61.2 Å². The van der Waals surface area contributed by atoms with Crippen molar-refractivity contribution in [2.45, 2.75) is 33.7 Å². The highest BCUT2D eigenvalue weighted by Gasteiger charge is 2.20. The Bertz CT molecular complexity index is 797. The molecule has 2 aromatic heterocycles. The predicted molar refractivity (Wildman–Crippen MR) is 93.2 cm³/mol. The standard InChI is InChI=1S/C17H18Cl2N2O3/c1-9(2)21-10(3)7-13(11(21)4)14(22)8-24-17(23)12-5-6-15(18)20-16(12)19/h5-7,9H,8H2,1-4H3. The molecule has 24 heavy (non-hydrogen) atoms. The lowest BCUT2D eigenvalue weighted by Gasteiger charge is -2.13. The molecule has 0 aliphatic heterocycles. The molecule has 0 saturated carbocycles. The Morgan fingerprint density at radius 2 is 1.88 bits per heavy atom. The van der Waals surface area contributed by atoms with Gasteiger partial charge in [-0.15, -0.1) is 0 Å². The Hall–Kier alpha value is -1.85. The molecule has 0 aliphatic carbocycles. The molecule has 128 valence electrons. The van der Waals surface area contributed by atoms with Crippen molar-refractivity contribution in [3.05, 3.63) is 51.0 Å². The molecule has 0 spiro atoms. The maximum atomic E-state index is 12.4. The van der Waals surface area contributed by atoms with Gasteiger partial charge in [0.1, 0.15) is 10.3 Å². The zero-order valence-corrected chi connectivity index (χ0v) is 15.4. The van der Waals surface area contributed by atoms with Gasteiger partial charge in [0.25, 0.3) is 0 Å². The van der Waals surface area contributed by atoms with Gasteiger partial charge in [-0.1, -0.05) is 23.2 Å². The highest BCUT2D eigenvalue weighted by Crippen LogP contribution is 2.21. The average Bonchev–Trinajstić information content (AvgIpc) is 2.79. The van der Waals surface area contributed by atoms with Crippen LogP contribution in [-0.2, 0) is 4.74 Å². The van der Waals surface area contributed by atoms with Crippen LogP contribution in [0.15, 0.2) is 18.2 Å². The van der Waals surface area contributed by atoms with Gasteiger partial charge in [0.2, 0.25) is 5.78 Å². The summed E-state index contributed by atoms with van der Waals surface area (Å²) in [6.07, 6.45) is 0. The maximum absolute atomic E-state index is 12.4. The normalized spacial score (nSPS) is 11.0. The first-order valence-corrected chi connectivity index (χ1v) is 8.18. The van der Waals surface area contributed by atoms with Crippen molar-refractivity contribution >= 4 is 35.0 Å². The van der Waals surface area contributed by atoms with E-state index in [0.29, 0.717) is 5.56 Å². The molecule has 0 radical (unpaired) electrons. The van der Waals surface area contributed by atoms with Crippen molar-refractivity contribution in [3.8, 4) is 0 Å². The van der Waals surface area contributed by atoms with E-state index in [1.807, 2.05) is 33.8 Å². The highest BCUT2D eigenvalue weighted by atomic mass is 35.5. The van der Waals surface area contributed by atoms with Crippen LogP contribution in [0.5, 0.6) is 0 Å². The van der Waals surface area contributed by atoms with Crippen LogP contribution in [0.25, 0.3) is 0 Å². The van der Waals surface area contributed by atoms with Crippen LogP contribution in [0.3, 0.4) is 0 Å². The summed E-state index contributed by atoms with van der Waals surface area (Å²) in [6.45, 7) is 7.55. The SMILES string of the molecule is Cc1cc(C(=O)COC(=O)c2ccc(Cl)nc2Cl)c(C)n1C(C)C. The lowest BCUT2D eigenvalue weighted by Crippen LogP contribution is -2.16. The monoisotopic (exact) mass is 368 g/mol. The number of esters is 1. The van der Waals surface area contributed by atoms with E-state index in [0.717, 1.165) is 11.4 Å². The first-order valence-electron chi connectivity index (χ1n) is 7.43. The van der Waals surface area contributed by atoms with Gasteiger partial charge in [-0.05, 0) is 45.9 Å². The van der Waals surface area contributed by atoms with Crippen LogP contribution >= 0.6 is 23.2 Å². The van der Waals surface area contributed by atoms with Crippen molar-refractivity contribution in [3.63, 3.8) is 0 Å². The summed E-state index contributed by atoms with van der Waals surface area (Å²) in [6, 6.07) is 4.90. The van der Waals surface area contributed by atoms with Gasteiger partial charge in [-0.3, -0.25) is 4.79 Å². The number of rotatable bonds is 5. The molecule has 2 rings (SSSR count). The summed E-state index contributed by atoms with van der Waals surface area (Å²) >= 11 is 11.5. The summed E-state index contributed by atoms with van der Waals surface area (Å²) in [5.41, 5.74) is 2.47. The van der Waals surface area contributed by atoms with Crippen LogP contribution in [-0.4, -0.2) is 27.9 Å². The minimum Gasteiger partial charge on any atom is -0.454 e. The minimum atomic E-state index is -0.713. The van der Waals surface area contributed by atoms with Gasteiger partial charge in [-0.2, -0.15) is 0 Å². The van der Waals surface area contributed by atoms with Gasteiger partial charge in [0.05, 0.1) is 5.56 Å². The van der Waals surface area contributed by atoms with E-state index in [2.05, 4.69) is 9.55 Å². The largest absolute Gasteiger partial charge is 0.454 e. The molecular weight excluding hydrogens is 351 g/mol. The second-order valence-electron chi connectivity index (χ2n) is 5.72. The zero-order chi connectivity index (χ0) is 18.0. The number of aromatic nitrogens is 2. The lowest BCUT2D eigenvalue weighted by molar-refractivity contribution is 0.0474. The molecule has 0 aliphatic rings. The molecular formula is C17H18Cl2N2O3. The Kier molecular flexibility index (Phi) is 5.67. The highest BCUT2D eigenvalue weighted by molar-refractivity contribution is 6.34. The third-order valence-electron chi connectivity index (χ3n) is 3.67. The van der Waals surface area contributed by atoms with E-state index >= 15 is 0 Å². The van der Waals surface area contributed by atoms with Crippen molar-refractivity contribution in [1.29, 1.82) is 0 Å². The number of ether oxygens (including phenoxy) is 1. The van der Waals surface area contributed by atoms with Crippen LogP contribution < -0.4 is 0 Å². The second kappa shape index (κ2) is 7.36. The molecule has 0 N–H and O–H groups in total. The van der Waals surface area contributed by atoms with Crippen molar-refractivity contribution < 1.29 is 14.3 Å². The fraction of sp³-hybridized carbons (Fsp3) is 0.353. The van der Waals surface area contributed by atoms with Gasteiger partial charge in [0.15, 0.2) is 6.61 Å². The fourth-order valence-electron chi connectivity index (χ4n) is 2.70. The van der Waals surface area contributed by atoms with Crippen molar-refractivity contribution in [1.82, 2.24) is 9.55 Å². The molecule has 7 heteroatoms. The molecule has 0 saturated heterocycles. The van der Waals surface area contributed by atoms with E-state index in [9.17, 15) is 9.59 Å². The number of aryl methyl sites for hydroxylation is 1. The first kappa shape index (κ1) is 18.5. The van der Waals surface area contributed by atoms with Crippen molar-refractivity contribution in [2.75, 3.05) is 6.61 Å². The summed E-state index contributed by atoms with van der Waals surface area (Å²) < 4.78 is 7.13. The van der Waals surface area contributed by atoms with Gasteiger partial charge in [-0.25, -0.2) is 9.78 Å². The number of hydrogen-bond donors (Lipinski definition) is 0. The van der Waals surface area contributed by atoms with E-state index in [1.165, 1.54) is 12.1 Å². The van der Waals surface area contributed by atoms with Crippen LogP contribution in [0, 0.1) is 13.8 Å². The summed E-state index contributed by atoms with van der Waals surface area (Å²) in [4.78, 5) is 28.2. The molecule has 0 aromatic carbocycles. The molecule has 0 bridgehead atoms. The number of carbonyl (C=O) groups is 2. The molecule has 0 fully saturated rings. The summed E-state index contributed by atoms with van der Waals surface area (Å²) in [5.74, 6) is -0.975. The lowest BCUT2D eigenvalue weighted by atomic mass is 10.1. The number of hydrogen-bond acceptors (Lipinski definition) is 4. The quantitative estimate of drug-likeness (QED) is 0.445.